The number of hydrogen-bond donors (Lipinski definition) is 2. The first-order valence-electron chi connectivity index (χ1n) is 6.27. The molecule has 6 nitrogen and oxygen atoms in total. The van der Waals surface area contributed by atoms with Gasteiger partial charge in [-0.15, -0.1) is 0 Å². The molecule has 0 aliphatic carbocycles. The number of aromatic amines is 1. The Hall–Kier alpha value is -2.34. The lowest BCUT2D eigenvalue weighted by Gasteiger charge is -2.05. The largest absolute Gasteiger partial charge is 0.462 e. The zero-order valence-electron chi connectivity index (χ0n) is 11.8. The van der Waals surface area contributed by atoms with Crippen molar-refractivity contribution in [1.82, 2.24) is 15.1 Å². The maximum Gasteiger partial charge on any atom is 0.249 e. The molecule has 0 fully saturated rings. The van der Waals surface area contributed by atoms with Crippen molar-refractivity contribution >= 4 is 17.8 Å². The van der Waals surface area contributed by atoms with Crippen molar-refractivity contribution in [1.29, 1.82) is 0 Å². The second kappa shape index (κ2) is 6.21. The van der Waals surface area contributed by atoms with E-state index in [1.807, 2.05) is 44.1 Å². The normalized spacial score (nSPS) is 11.4. The van der Waals surface area contributed by atoms with Crippen LogP contribution in [0.15, 0.2) is 28.7 Å². The van der Waals surface area contributed by atoms with E-state index in [0.717, 1.165) is 18.0 Å². The molecule has 0 saturated heterocycles. The van der Waals surface area contributed by atoms with E-state index in [4.69, 9.17) is 4.42 Å². The number of rotatable bonds is 5. The van der Waals surface area contributed by atoms with Gasteiger partial charge in [-0.25, -0.2) is 0 Å². The summed E-state index contributed by atoms with van der Waals surface area (Å²) in [5, 5.41) is 9.58. The van der Waals surface area contributed by atoms with Crippen molar-refractivity contribution in [3.05, 3.63) is 41.5 Å². The number of aromatic nitrogens is 2. The third-order valence-electron chi connectivity index (χ3n) is 2.53. The Morgan fingerprint density at radius 3 is 2.95 bits per heavy atom. The molecule has 0 spiro atoms. The van der Waals surface area contributed by atoms with Crippen LogP contribution < -0.4 is 5.32 Å². The predicted octanol–water partition coefficient (Wildman–Crippen LogP) is 2.02. The minimum atomic E-state index is -0.248. The van der Waals surface area contributed by atoms with Gasteiger partial charge >= 0.3 is 0 Å². The van der Waals surface area contributed by atoms with Gasteiger partial charge in [0.1, 0.15) is 11.5 Å². The number of amides is 1. The van der Waals surface area contributed by atoms with Gasteiger partial charge in [0.05, 0.1) is 5.69 Å². The van der Waals surface area contributed by atoms with Gasteiger partial charge in [-0.1, -0.05) is 0 Å². The number of hydrogen-bond acceptors (Lipinski definition) is 4. The van der Waals surface area contributed by atoms with Crippen LogP contribution in [0.2, 0.25) is 0 Å². The molecule has 0 aliphatic rings. The Balaban J connectivity index is 1.91. The topological polar surface area (TPSA) is 74.2 Å². The summed E-state index contributed by atoms with van der Waals surface area (Å²) in [6.07, 6.45) is 3.04. The highest BCUT2D eigenvalue weighted by atomic mass is 16.3. The second-order valence-electron chi connectivity index (χ2n) is 4.79. The summed E-state index contributed by atoms with van der Waals surface area (Å²) in [7, 11) is 3.93. The van der Waals surface area contributed by atoms with Crippen LogP contribution in [0.3, 0.4) is 0 Å². The smallest absolute Gasteiger partial charge is 0.249 e. The van der Waals surface area contributed by atoms with Crippen LogP contribution in [0.1, 0.15) is 17.2 Å². The van der Waals surface area contributed by atoms with Crippen molar-refractivity contribution in [3.8, 4) is 0 Å². The summed E-state index contributed by atoms with van der Waals surface area (Å²) >= 11 is 0. The SMILES string of the molecule is Cc1ccc(/C=C/C(=O)Nc2cc(CN(C)C)[nH]n2)o1. The average molecular weight is 274 g/mol. The second-order valence-corrected chi connectivity index (χ2v) is 4.79. The van der Waals surface area contributed by atoms with Crippen molar-refractivity contribution in [2.24, 2.45) is 0 Å². The highest BCUT2D eigenvalue weighted by Gasteiger charge is 2.04. The van der Waals surface area contributed by atoms with Gasteiger partial charge in [-0.2, -0.15) is 5.10 Å². The van der Waals surface area contributed by atoms with E-state index < -0.39 is 0 Å². The molecular weight excluding hydrogens is 256 g/mol. The number of furan rings is 1. The van der Waals surface area contributed by atoms with Crippen LogP contribution >= 0.6 is 0 Å². The van der Waals surface area contributed by atoms with E-state index >= 15 is 0 Å². The molecule has 0 unspecified atom stereocenters. The molecular formula is C14H18N4O2. The summed E-state index contributed by atoms with van der Waals surface area (Å²) in [4.78, 5) is 13.7. The minimum absolute atomic E-state index is 0.248. The fourth-order valence-corrected chi connectivity index (χ4v) is 1.72. The first kappa shape index (κ1) is 14.1. The zero-order valence-corrected chi connectivity index (χ0v) is 11.8. The lowest BCUT2D eigenvalue weighted by atomic mass is 10.3. The Bertz CT molecular complexity index is 610. The fourth-order valence-electron chi connectivity index (χ4n) is 1.72. The summed E-state index contributed by atoms with van der Waals surface area (Å²) in [5.41, 5.74) is 0.941. The van der Waals surface area contributed by atoms with Crippen LogP contribution in [0.5, 0.6) is 0 Å². The summed E-state index contributed by atoms with van der Waals surface area (Å²) < 4.78 is 5.34. The quantitative estimate of drug-likeness (QED) is 0.818. The van der Waals surface area contributed by atoms with Gasteiger partial charge in [-0.05, 0) is 39.2 Å². The Morgan fingerprint density at radius 1 is 1.50 bits per heavy atom. The predicted molar refractivity (Wildman–Crippen MR) is 77.1 cm³/mol. The average Bonchev–Trinajstić information content (AvgIpc) is 2.95. The van der Waals surface area contributed by atoms with Gasteiger partial charge in [0.2, 0.25) is 5.91 Å². The molecule has 0 bridgehead atoms. The van der Waals surface area contributed by atoms with Crippen molar-refractivity contribution in [2.75, 3.05) is 19.4 Å². The summed E-state index contributed by atoms with van der Waals surface area (Å²) in [6.45, 7) is 2.60. The highest BCUT2D eigenvalue weighted by Crippen LogP contribution is 2.09. The molecule has 0 aliphatic heterocycles. The molecule has 2 heterocycles. The molecule has 6 heteroatoms. The Kier molecular flexibility index (Phi) is 4.37. The van der Waals surface area contributed by atoms with Crippen LogP contribution in [-0.2, 0) is 11.3 Å². The van der Waals surface area contributed by atoms with Crippen molar-refractivity contribution in [3.63, 3.8) is 0 Å². The number of nitrogens with one attached hydrogen (secondary N) is 2. The molecule has 106 valence electrons. The van der Waals surface area contributed by atoms with E-state index in [0.29, 0.717) is 11.6 Å². The standard InChI is InChI=1S/C14H18N4O2/c1-10-4-5-12(20-10)6-7-14(19)15-13-8-11(16-17-13)9-18(2)3/h4-8H,9H2,1-3H3,(H2,15,16,17,19)/b7-6+. The van der Waals surface area contributed by atoms with Gasteiger partial charge in [0, 0.05) is 18.7 Å². The third kappa shape index (κ3) is 4.10. The van der Waals surface area contributed by atoms with E-state index in [1.165, 1.54) is 6.08 Å². The molecule has 1 amide bonds. The fraction of sp³-hybridized carbons (Fsp3) is 0.286. The lowest BCUT2D eigenvalue weighted by Crippen LogP contribution is -2.10. The van der Waals surface area contributed by atoms with E-state index in [2.05, 4.69) is 15.5 Å². The lowest BCUT2D eigenvalue weighted by molar-refractivity contribution is -0.111. The Morgan fingerprint density at radius 2 is 2.30 bits per heavy atom. The first-order valence-corrected chi connectivity index (χ1v) is 6.27. The number of anilines is 1. The molecule has 2 N–H and O–H groups in total. The number of H-pyrrole nitrogens is 1. The van der Waals surface area contributed by atoms with Gasteiger partial charge < -0.3 is 14.6 Å². The molecule has 0 saturated carbocycles. The summed E-state index contributed by atoms with van der Waals surface area (Å²) in [5.74, 6) is 1.72. The summed E-state index contributed by atoms with van der Waals surface area (Å²) in [6, 6.07) is 5.46. The zero-order chi connectivity index (χ0) is 14.5. The highest BCUT2D eigenvalue weighted by molar-refractivity contribution is 6.01. The van der Waals surface area contributed by atoms with Gasteiger partial charge in [0.25, 0.3) is 0 Å². The Labute approximate surface area is 117 Å². The maximum absolute atomic E-state index is 11.7. The van der Waals surface area contributed by atoms with Crippen LogP contribution in [-0.4, -0.2) is 35.1 Å². The number of aryl methyl sites for hydroxylation is 1. The van der Waals surface area contributed by atoms with Crippen LogP contribution in [0.25, 0.3) is 6.08 Å². The van der Waals surface area contributed by atoms with Crippen molar-refractivity contribution < 1.29 is 9.21 Å². The van der Waals surface area contributed by atoms with Gasteiger partial charge in [-0.3, -0.25) is 9.89 Å². The van der Waals surface area contributed by atoms with Crippen LogP contribution in [0, 0.1) is 6.92 Å². The minimum Gasteiger partial charge on any atom is -0.462 e. The number of nitrogens with zero attached hydrogens (tertiary/aromatic N) is 2. The monoisotopic (exact) mass is 274 g/mol. The molecule has 2 aromatic rings. The third-order valence-corrected chi connectivity index (χ3v) is 2.53. The maximum atomic E-state index is 11.7. The molecule has 2 rings (SSSR count). The van der Waals surface area contributed by atoms with Crippen LogP contribution in [0.4, 0.5) is 5.82 Å². The van der Waals surface area contributed by atoms with Gasteiger partial charge in [0.15, 0.2) is 5.82 Å². The van der Waals surface area contributed by atoms with E-state index in [1.54, 1.807) is 6.08 Å². The molecule has 0 aromatic carbocycles. The van der Waals surface area contributed by atoms with E-state index in [9.17, 15) is 4.79 Å². The molecule has 0 atom stereocenters. The number of carbonyl (C=O) groups is 1. The number of carbonyl (C=O) groups excluding carboxylic acids is 1. The molecule has 0 radical (unpaired) electrons. The first-order chi connectivity index (χ1) is 9.52. The molecule has 2 aromatic heterocycles. The molecule has 20 heavy (non-hydrogen) atoms. The van der Waals surface area contributed by atoms with Crippen molar-refractivity contribution in [2.45, 2.75) is 13.5 Å². The van der Waals surface area contributed by atoms with E-state index in [-0.39, 0.29) is 5.91 Å².